The van der Waals surface area contributed by atoms with Gasteiger partial charge in [0.2, 0.25) is 0 Å². The Balaban J connectivity index is 1.85. The van der Waals surface area contributed by atoms with Crippen LogP contribution in [0.1, 0.15) is 66.3 Å². The van der Waals surface area contributed by atoms with E-state index >= 15 is 0 Å². The highest BCUT2D eigenvalue weighted by atomic mass is 32.2. The molecular formula is C15H20N2O3S. The first-order valence-electron chi connectivity index (χ1n) is 7.45. The zero-order chi connectivity index (χ0) is 15.0. The fourth-order valence-corrected chi connectivity index (χ4v) is 4.05. The molecule has 0 unspecified atom stereocenters. The molecule has 1 aromatic rings. The number of thioether (sulfide) groups is 1. The van der Waals surface area contributed by atoms with E-state index < -0.39 is 11.6 Å². The summed E-state index contributed by atoms with van der Waals surface area (Å²) in [6, 6.07) is 0. The summed E-state index contributed by atoms with van der Waals surface area (Å²) < 4.78 is 0. The number of rotatable bonds is 5. The highest BCUT2D eigenvalue weighted by Gasteiger charge is 2.33. The van der Waals surface area contributed by atoms with Crippen molar-refractivity contribution in [1.82, 2.24) is 9.97 Å². The molecule has 0 saturated heterocycles. The van der Waals surface area contributed by atoms with Gasteiger partial charge in [-0.05, 0) is 32.6 Å². The molecule has 0 atom stereocenters. The van der Waals surface area contributed by atoms with Crippen LogP contribution in [0.15, 0.2) is 5.03 Å². The van der Waals surface area contributed by atoms with Gasteiger partial charge in [-0.1, -0.05) is 12.8 Å². The Bertz CT molecular complexity index is 566. The van der Waals surface area contributed by atoms with Gasteiger partial charge in [0.05, 0.1) is 11.3 Å². The predicted octanol–water partition coefficient (Wildman–Crippen LogP) is 2.76. The molecule has 21 heavy (non-hydrogen) atoms. The van der Waals surface area contributed by atoms with Crippen LogP contribution in [0.3, 0.4) is 0 Å². The maximum absolute atomic E-state index is 11.5. The SMILES string of the molecule is Cc1nc(C2CC2)nc(SCC2(O)CCCC2)c1C(=O)O. The van der Waals surface area contributed by atoms with Gasteiger partial charge in [-0.25, -0.2) is 14.8 Å². The van der Waals surface area contributed by atoms with Crippen LogP contribution in [0.2, 0.25) is 0 Å². The summed E-state index contributed by atoms with van der Waals surface area (Å²) in [5.41, 5.74) is 0.0466. The van der Waals surface area contributed by atoms with E-state index in [-0.39, 0.29) is 5.56 Å². The molecule has 0 aliphatic heterocycles. The zero-order valence-corrected chi connectivity index (χ0v) is 12.9. The monoisotopic (exact) mass is 308 g/mol. The fourth-order valence-electron chi connectivity index (χ4n) is 2.82. The first-order valence-corrected chi connectivity index (χ1v) is 8.44. The van der Waals surface area contributed by atoms with E-state index in [0.29, 0.717) is 22.4 Å². The summed E-state index contributed by atoms with van der Waals surface area (Å²) in [4.78, 5) is 20.3. The lowest BCUT2D eigenvalue weighted by Gasteiger charge is -2.21. The van der Waals surface area contributed by atoms with Crippen LogP contribution in [0.4, 0.5) is 0 Å². The molecular weight excluding hydrogens is 288 g/mol. The number of nitrogens with zero attached hydrogens (tertiary/aromatic N) is 2. The van der Waals surface area contributed by atoms with E-state index in [1.54, 1.807) is 6.92 Å². The smallest absolute Gasteiger partial charge is 0.340 e. The van der Waals surface area contributed by atoms with Gasteiger partial charge in [-0.2, -0.15) is 0 Å². The second kappa shape index (κ2) is 5.57. The largest absolute Gasteiger partial charge is 0.478 e. The number of aryl methyl sites for hydroxylation is 1. The van der Waals surface area contributed by atoms with Crippen LogP contribution < -0.4 is 0 Å². The summed E-state index contributed by atoms with van der Waals surface area (Å²) in [7, 11) is 0. The first-order chi connectivity index (χ1) is 9.98. The Morgan fingerprint density at radius 1 is 1.33 bits per heavy atom. The van der Waals surface area contributed by atoms with Gasteiger partial charge in [0.15, 0.2) is 0 Å². The zero-order valence-electron chi connectivity index (χ0n) is 12.1. The summed E-state index contributed by atoms with van der Waals surface area (Å²) in [5.74, 6) is 0.669. The van der Waals surface area contributed by atoms with Gasteiger partial charge in [-0.15, -0.1) is 11.8 Å². The van der Waals surface area contributed by atoms with Crippen molar-refractivity contribution in [3.63, 3.8) is 0 Å². The highest BCUT2D eigenvalue weighted by Crippen LogP contribution is 2.40. The van der Waals surface area contributed by atoms with Crippen LogP contribution in [-0.4, -0.2) is 37.5 Å². The van der Waals surface area contributed by atoms with Gasteiger partial charge in [0.25, 0.3) is 0 Å². The van der Waals surface area contributed by atoms with Gasteiger partial charge in [0, 0.05) is 11.7 Å². The van der Waals surface area contributed by atoms with Crippen molar-refractivity contribution >= 4 is 17.7 Å². The molecule has 0 radical (unpaired) electrons. The standard InChI is InChI=1S/C15H20N2O3S/c1-9-11(14(18)19)13(17-12(16-9)10-4-5-10)21-8-15(20)6-2-3-7-15/h10,20H,2-8H2,1H3,(H,18,19). The molecule has 1 aromatic heterocycles. The van der Waals surface area contributed by atoms with Gasteiger partial charge < -0.3 is 10.2 Å². The molecule has 0 amide bonds. The number of aromatic carboxylic acids is 1. The van der Waals surface area contributed by atoms with Crippen LogP contribution in [0.25, 0.3) is 0 Å². The molecule has 3 rings (SSSR count). The number of carboxylic acid groups (broad SMARTS) is 1. The predicted molar refractivity (Wildman–Crippen MR) is 79.8 cm³/mol. The number of hydrogen-bond donors (Lipinski definition) is 2. The molecule has 1 heterocycles. The maximum Gasteiger partial charge on any atom is 0.340 e. The van der Waals surface area contributed by atoms with E-state index in [2.05, 4.69) is 9.97 Å². The maximum atomic E-state index is 11.5. The first kappa shape index (κ1) is 14.8. The molecule has 2 aliphatic rings. The van der Waals surface area contributed by atoms with E-state index in [9.17, 15) is 15.0 Å². The summed E-state index contributed by atoms with van der Waals surface area (Å²) in [5, 5.41) is 20.3. The van der Waals surface area contributed by atoms with E-state index in [1.807, 2.05) is 0 Å². The minimum atomic E-state index is -0.990. The highest BCUT2D eigenvalue weighted by molar-refractivity contribution is 7.99. The molecule has 0 aromatic carbocycles. The minimum absolute atomic E-state index is 0.186. The van der Waals surface area contributed by atoms with Crippen molar-refractivity contribution < 1.29 is 15.0 Å². The quantitative estimate of drug-likeness (QED) is 0.643. The number of aliphatic hydroxyl groups is 1. The average Bonchev–Trinajstić information content (AvgIpc) is 3.18. The van der Waals surface area contributed by atoms with Gasteiger partial charge >= 0.3 is 5.97 Å². The van der Waals surface area contributed by atoms with Gasteiger partial charge in [-0.3, -0.25) is 0 Å². The molecule has 6 heteroatoms. The number of carbonyl (C=O) groups is 1. The third-order valence-corrected chi connectivity index (χ3v) is 5.49. The third-order valence-electron chi connectivity index (χ3n) is 4.24. The van der Waals surface area contributed by atoms with Crippen molar-refractivity contribution in [2.45, 2.75) is 62.0 Å². The second-order valence-electron chi connectivity index (χ2n) is 6.15. The average molecular weight is 308 g/mol. The Morgan fingerprint density at radius 3 is 2.57 bits per heavy atom. The van der Waals surface area contributed by atoms with Crippen molar-refractivity contribution in [2.75, 3.05) is 5.75 Å². The van der Waals surface area contributed by atoms with Crippen molar-refractivity contribution in [3.8, 4) is 0 Å². The van der Waals surface area contributed by atoms with Crippen LogP contribution >= 0.6 is 11.8 Å². The molecule has 114 valence electrons. The van der Waals surface area contributed by atoms with E-state index in [1.165, 1.54) is 11.8 Å². The third kappa shape index (κ3) is 3.21. The number of aromatic nitrogens is 2. The minimum Gasteiger partial charge on any atom is -0.478 e. The topological polar surface area (TPSA) is 83.3 Å². The van der Waals surface area contributed by atoms with Crippen LogP contribution in [0.5, 0.6) is 0 Å². The molecule has 2 saturated carbocycles. The number of hydrogen-bond acceptors (Lipinski definition) is 5. The van der Waals surface area contributed by atoms with Crippen LogP contribution in [-0.2, 0) is 0 Å². The summed E-state index contributed by atoms with van der Waals surface area (Å²) in [6.07, 6.45) is 5.83. The molecule has 5 nitrogen and oxygen atoms in total. The second-order valence-corrected chi connectivity index (χ2v) is 7.11. The normalized spacial score (nSPS) is 20.7. The Morgan fingerprint density at radius 2 is 2.00 bits per heavy atom. The Labute approximate surface area is 128 Å². The van der Waals surface area contributed by atoms with Crippen molar-refractivity contribution in [1.29, 1.82) is 0 Å². The fraction of sp³-hybridized carbons (Fsp3) is 0.667. The lowest BCUT2D eigenvalue weighted by molar-refractivity contribution is 0.0685. The summed E-state index contributed by atoms with van der Waals surface area (Å²) >= 11 is 1.36. The van der Waals surface area contributed by atoms with E-state index in [4.69, 9.17) is 0 Å². The molecule has 2 aliphatic carbocycles. The van der Waals surface area contributed by atoms with Crippen molar-refractivity contribution in [3.05, 3.63) is 17.1 Å². The van der Waals surface area contributed by atoms with E-state index in [0.717, 1.165) is 44.3 Å². The summed E-state index contributed by atoms with van der Waals surface area (Å²) in [6.45, 7) is 1.73. The van der Waals surface area contributed by atoms with Crippen LogP contribution in [0, 0.1) is 6.92 Å². The molecule has 2 N–H and O–H groups in total. The van der Waals surface area contributed by atoms with Crippen molar-refractivity contribution in [2.24, 2.45) is 0 Å². The lowest BCUT2D eigenvalue weighted by atomic mass is 10.1. The Hall–Kier alpha value is -1.14. The molecule has 0 spiro atoms. The number of carboxylic acids is 1. The molecule has 0 bridgehead atoms. The lowest BCUT2D eigenvalue weighted by Crippen LogP contribution is -2.27. The Kier molecular flexibility index (Phi) is 3.92. The molecule has 2 fully saturated rings. The van der Waals surface area contributed by atoms with Gasteiger partial charge in [0.1, 0.15) is 16.4 Å².